The molecular formula is C74H82N6O22S4. The van der Waals surface area contributed by atoms with Gasteiger partial charge in [0.25, 0.3) is 0 Å². The summed E-state index contributed by atoms with van der Waals surface area (Å²) in [6.45, 7) is 5.94. The number of nitrogens with one attached hydrogen (secondary N) is 2. The first-order valence-electron chi connectivity index (χ1n) is 36.4. The number of nitrogens with zero attached hydrogens (tertiary/aromatic N) is 4. The maximum Gasteiger partial charge on any atom is 0.241 e. The van der Waals surface area contributed by atoms with E-state index >= 15 is 0 Å². The lowest BCUT2D eigenvalue weighted by Crippen LogP contribution is -2.64. The van der Waals surface area contributed by atoms with Gasteiger partial charge >= 0.3 is 0 Å². The molecule has 18 rings (SSSR count). The highest BCUT2D eigenvalue weighted by Gasteiger charge is 2.49. The third kappa shape index (κ3) is 12.0. The predicted molar refractivity (Wildman–Crippen MR) is 378 cm³/mol. The highest BCUT2D eigenvalue weighted by Crippen LogP contribution is 2.52. The van der Waals surface area contributed by atoms with Crippen molar-refractivity contribution in [2.24, 2.45) is 0 Å². The molecule has 106 heavy (non-hydrogen) atoms. The van der Waals surface area contributed by atoms with Crippen LogP contribution in [0.5, 0.6) is 23.0 Å². The number of rotatable bonds is 12. The number of sulfonamides is 2. The number of aliphatic hydroxyl groups is 8. The highest BCUT2D eigenvalue weighted by atomic mass is 32.2. The molecule has 10 atom stereocenters. The normalized spacial score (nSPS) is 26.3. The molecule has 6 aromatic carbocycles. The molecule has 10 N–H and O–H groups in total. The Morgan fingerprint density at radius 1 is 0.425 bits per heavy atom. The Kier molecular flexibility index (Phi) is 18.3. The standard InChI is InChI=1S/2C37H41N3O11S2/c41-18-27-33(42)34(43)30(37(44)50-27)38-52(45,46)28-17-21(53(47,48)49)9-10-22(28)29-25-15-19-5-1-11-39-13-3-7-23(31(19)39)35(25)51-36-24-8-4-14-40-12-2-6-20(32(24)40)16-26(29)36;41-18-27-33(42)34(43)30(37(44)50-27)38-52(45,46)21-9-10-22(28(17-21)53(47,48)49)29-25-15-19-5-1-11-39-13-3-7-23(31(19)39)35(25)51-36-24-8-4-14-40-12-2-6-20(32(24)40)16-26(29)36/h2*9-10,15-17,27,30,33-34,37-38,41-44H,1-8,11-14,18H2/t2*27?,30-,33+,34?,37+/m11/s1. The molecule has 564 valence electrons. The molecular weight excluding hydrogens is 1450 g/mol. The SMILES string of the molecule is O=S(=O)([O-])c1cc(S(=O)(=O)N[C@@H]2C(O)[C@@H](O)C(CO)O[C@@H]2O)ccc1C1=c2cc3c4c(c2Oc2c1cc1c5c2CCCN5CCC1)CCC[N+]=4CCC3.O=S(=O)([O-])c1ccc(C2=c3cc4c5c(c3Oc3c2cc2c6c3CCCN6CCC2)CCC[N+]=5CCC4)c(S(=O)(=O)N[C@@H]2C(O)[C@@H](O)C(CO)O[C@@H]2O)c1. The number of fused-ring (bicyclic) bond motifs is 8. The topological polar surface area (TPSA) is 418 Å². The maximum absolute atomic E-state index is 14.6. The number of aryl methyl sites for hydroxylation is 4. The second-order valence-corrected chi connectivity index (χ2v) is 35.8. The van der Waals surface area contributed by atoms with Gasteiger partial charge < -0.3 is 78.7 Å². The Bertz CT molecular complexity index is 5500. The van der Waals surface area contributed by atoms with Crippen LogP contribution in [0.4, 0.5) is 11.4 Å². The van der Waals surface area contributed by atoms with Crippen LogP contribution in [-0.2, 0) is 101 Å². The summed E-state index contributed by atoms with van der Waals surface area (Å²) in [4.78, 5) is 2.04. The summed E-state index contributed by atoms with van der Waals surface area (Å²) < 4.78 is 167. The monoisotopic (exact) mass is 1530 g/mol. The van der Waals surface area contributed by atoms with Crippen molar-refractivity contribution < 1.29 is 103 Å². The average Bonchev–Trinajstić information content (AvgIpc) is 0.710. The van der Waals surface area contributed by atoms with E-state index in [9.17, 15) is 83.6 Å². The number of ether oxygens (including phenoxy) is 4. The van der Waals surface area contributed by atoms with Crippen molar-refractivity contribution in [1.29, 1.82) is 0 Å². The van der Waals surface area contributed by atoms with Crippen molar-refractivity contribution in [3.63, 3.8) is 0 Å². The molecule has 4 unspecified atom stereocenters. The lowest BCUT2D eigenvalue weighted by atomic mass is 9.82. The summed E-state index contributed by atoms with van der Waals surface area (Å²) in [7, 11) is -20.1. The first kappa shape index (κ1) is 72.0. The van der Waals surface area contributed by atoms with Gasteiger partial charge in [-0.2, -0.15) is 0 Å². The van der Waals surface area contributed by atoms with Crippen LogP contribution in [0.2, 0.25) is 0 Å². The van der Waals surface area contributed by atoms with Gasteiger partial charge in [-0.3, -0.25) is 0 Å². The summed E-state index contributed by atoms with van der Waals surface area (Å²) in [6, 6.07) is 11.1. The molecule has 0 bridgehead atoms. The fourth-order valence-electron chi connectivity index (χ4n) is 18.7. The third-order valence-corrected chi connectivity index (χ3v) is 28.0. The third-order valence-electron chi connectivity index (χ3n) is 23.4. The molecule has 0 amide bonds. The molecule has 0 aliphatic carbocycles. The van der Waals surface area contributed by atoms with E-state index in [0.717, 1.165) is 240 Å². The Labute approximate surface area is 611 Å². The second-order valence-electron chi connectivity index (χ2n) is 29.7. The van der Waals surface area contributed by atoms with E-state index in [2.05, 4.69) is 40.5 Å². The number of aliphatic hydroxyl groups excluding tert-OH is 8. The van der Waals surface area contributed by atoms with Gasteiger partial charge in [-0.15, -0.1) is 0 Å². The number of hydrogen-bond donors (Lipinski definition) is 10. The number of benzene rings is 6. The zero-order valence-corrected chi connectivity index (χ0v) is 60.9. The summed E-state index contributed by atoms with van der Waals surface area (Å²) in [5.74, 6) is 2.52. The van der Waals surface area contributed by atoms with Gasteiger partial charge in [0.1, 0.15) is 118 Å². The molecule has 0 saturated carbocycles. The lowest BCUT2D eigenvalue weighted by molar-refractivity contribution is -0.251. The fourth-order valence-corrected chi connectivity index (χ4v) is 22.8. The average molecular weight is 1540 g/mol. The summed E-state index contributed by atoms with van der Waals surface area (Å²) in [6.07, 6.45) is -0.224. The van der Waals surface area contributed by atoms with E-state index in [-0.39, 0.29) is 11.1 Å². The molecule has 2 fully saturated rings. The van der Waals surface area contributed by atoms with E-state index in [0.29, 0.717) is 55.7 Å². The van der Waals surface area contributed by atoms with Crippen molar-refractivity contribution in [1.82, 2.24) is 18.6 Å². The molecule has 6 aromatic rings. The predicted octanol–water partition coefficient (Wildman–Crippen LogP) is -1.79. The molecule has 2 saturated heterocycles. The number of anilines is 2. The van der Waals surface area contributed by atoms with Crippen LogP contribution < -0.4 is 59.0 Å². The van der Waals surface area contributed by atoms with Crippen LogP contribution in [-0.4, -0.2) is 210 Å². The lowest BCUT2D eigenvalue weighted by Gasteiger charge is -2.40. The molecule has 0 aromatic heterocycles. The van der Waals surface area contributed by atoms with Crippen LogP contribution in [0.25, 0.3) is 11.1 Å². The van der Waals surface area contributed by atoms with Crippen LogP contribution in [0.1, 0.15) is 118 Å². The number of hydrogen-bond acceptors (Lipinski definition) is 24. The van der Waals surface area contributed by atoms with Gasteiger partial charge in [-0.25, -0.2) is 52.3 Å². The molecule has 12 aliphatic heterocycles. The highest BCUT2D eigenvalue weighted by molar-refractivity contribution is 7.90. The van der Waals surface area contributed by atoms with E-state index in [1.807, 2.05) is 12.1 Å². The first-order chi connectivity index (χ1) is 50.7. The van der Waals surface area contributed by atoms with E-state index < -0.39 is 134 Å². The summed E-state index contributed by atoms with van der Waals surface area (Å²) in [5.41, 5.74) is 13.4. The summed E-state index contributed by atoms with van der Waals surface area (Å²) >= 11 is 0. The quantitative estimate of drug-likeness (QED) is 0.0477. The zero-order chi connectivity index (χ0) is 73.9. The largest absolute Gasteiger partial charge is 0.744 e. The van der Waals surface area contributed by atoms with Crippen molar-refractivity contribution in [3.05, 3.63) is 149 Å². The maximum atomic E-state index is 14.6. The van der Waals surface area contributed by atoms with Gasteiger partial charge in [-0.1, -0.05) is 12.1 Å². The van der Waals surface area contributed by atoms with E-state index in [4.69, 9.17) is 18.9 Å². The minimum Gasteiger partial charge on any atom is -0.744 e. The molecule has 32 heteroatoms. The Morgan fingerprint density at radius 3 is 1.26 bits per heavy atom. The van der Waals surface area contributed by atoms with Crippen molar-refractivity contribution in [3.8, 4) is 23.0 Å². The van der Waals surface area contributed by atoms with Crippen molar-refractivity contribution in [2.45, 2.75) is 184 Å². The van der Waals surface area contributed by atoms with Crippen molar-refractivity contribution >= 4 is 62.8 Å². The van der Waals surface area contributed by atoms with Crippen LogP contribution in [0.3, 0.4) is 0 Å². The van der Waals surface area contributed by atoms with Gasteiger partial charge in [-0.05, 0) is 137 Å². The molecule has 12 aliphatic rings. The first-order valence-corrected chi connectivity index (χ1v) is 42.2. The Hall–Kier alpha value is -6.90. The molecule has 0 radical (unpaired) electrons. The molecule has 12 heterocycles. The second kappa shape index (κ2) is 27.0. The van der Waals surface area contributed by atoms with Gasteiger partial charge in [0.15, 0.2) is 12.6 Å². The van der Waals surface area contributed by atoms with E-state index in [1.165, 1.54) is 18.2 Å². The summed E-state index contributed by atoms with van der Waals surface area (Å²) in [5, 5.41) is 86.1. The van der Waals surface area contributed by atoms with Gasteiger partial charge in [0, 0.05) is 129 Å². The van der Waals surface area contributed by atoms with Crippen LogP contribution in [0, 0.1) is 0 Å². The van der Waals surface area contributed by atoms with Crippen LogP contribution in [0.15, 0.2) is 80.2 Å². The Balaban J connectivity index is 0.000000156. The van der Waals surface area contributed by atoms with Gasteiger partial charge in [0.2, 0.25) is 30.8 Å². The Morgan fingerprint density at radius 2 is 0.821 bits per heavy atom. The molecule has 0 spiro atoms. The fraction of sp³-hybridized carbons (Fsp3) is 0.486. The van der Waals surface area contributed by atoms with Gasteiger partial charge in [0.05, 0.1) is 43.9 Å². The van der Waals surface area contributed by atoms with Crippen molar-refractivity contribution in [2.75, 3.05) is 75.4 Å². The van der Waals surface area contributed by atoms with Crippen LogP contribution >= 0.6 is 0 Å². The minimum atomic E-state index is -5.32. The minimum absolute atomic E-state index is 0.0401. The molecule has 28 nitrogen and oxygen atoms in total. The van der Waals surface area contributed by atoms with E-state index in [1.54, 1.807) is 0 Å². The smallest absolute Gasteiger partial charge is 0.241 e. The zero-order valence-electron chi connectivity index (χ0n) is 57.6.